The van der Waals surface area contributed by atoms with E-state index in [2.05, 4.69) is 5.32 Å². The van der Waals surface area contributed by atoms with Crippen LogP contribution in [0.25, 0.3) is 11.8 Å². The topological polar surface area (TPSA) is 95.1 Å². The van der Waals surface area contributed by atoms with Crippen LogP contribution >= 0.6 is 11.6 Å². The lowest BCUT2D eigenvalue weighted by Gasteiger charge is -2.12. The van der Waals surface area contributed by atoms with E-state index in [1.54, 1.807) is 41.0 Å². The number of hydrogen-bond donors (Lipinski definition) is 2. The van der Waals surface area contributed by atoms with Crippen LogP contribution in [-0.4, -0.2) is 21.6 Å². The van der Waals surface area contributed by atoms with Gasteiger partial charge >= 0.3 is 5.97 Å². The van der Waals surface area contributed by atoms with Crippen molar-refractivity contribution in [3.63, 3.8) is 0 Å². The molecule has 0 saturated heterocycles. The van der Waals surface area contributed by atoms with Crippen molar-refractivity contribution >= 4 is 35.2 Å². The molecule has 0 saturated carbocycles. The van der Waals surface area contributed by atoms with E-state index in [-0.39, 0.29) is 11.1 Å². The molecule has 156 valence electrons. The molecule has 1 amide bonds. The molecule has 1 heterocycles. The molecule has 7 heteroatoms. The van der Waals surface area contributed by atoms with Crippen molar-refractivity contribution in [3.8, 4) is 11.8 Å². The minimum atomic E-state index is -1.03. The lowest BCUT2D eigenvalue weighted by molar-refractivity contribution is -0.112. The summed E-state index contributed by atoms with van der Waals surface area (Å²) in [5, 5.41) is 22.3. The Labute approximate surface area is 185 Å². The fourth-order valence-corrected chi connectivity index (χ4v) is 3.55. The van der Waals surface area contributed by atoms with Crippen LogP contribution in [0, 0.1) is 32.1 Å². The van der Waals surface area contributed by atoms with Crippen LogP contribution < -0.4 is 5.32 Å². The number of aryl methyl sites for hydroxylation is 2. The van der Waals surface area contributed by atoms with E-state index < -0.39 is 11.9 Å². The summed E-state index contributed by atoms with van der Waals surface area (Å²) in [6.07, 6.45) is 1.50. The van der Waals surface area contributed by atoms with Gasteiger partial charge in [0.15, 0.2) is 0 Å². The van der Waals surface area contributed by atoms with E-state index >= 15 is 0 Å². The van der Waals surface area contributed by atoms with Crippen LogP contribution in [0.15, 0.2) is 54.1 Å². The van der Waals surface area contributed by atoms with E-state index in [4.69, 9.17) is 11.6 Å². The first-order chi connectivity index (χ1) is 14.7. The molecule has 0 fully saturated rings. The van der Waals surface area contributed by atoms with Crippen LogP contribution in [-0.2, 0) is 4.79 Å². The summed E-state index contributed by atoms with van der Waals surface area (Å²) >= 11 is 6.00. The number of amides is 1. The lowest BCUT2D eigenvalue weighted by Crippen LogP contribution is -2.14. The monoisotopic (exact) mass is 433 g/mol. The minimum Gasteiger partial charge on any atom is -0.478 e. The highest BCUT2D eigenvalue weighted by atomic mass is 35.5. The van der Waals surface area contributed by atoms with Gasteiger partial charge in [-0.05, 0) is 68.3 Å². The van der Waals surface area contributed by atoms with Gasteiger partial charge in [-0.2, -0.15) is 5.26 Å². The van der Waals surface area contributed by atoms with Gasteiger partial charge in [0.25, 0.3) is 5.91 Å². The third-order valence-corrected chi connectivity index (χ3v) is 5.19. The SMILES string of the molecule is Cc1ccc(Cl)cc1NC(=O)C(C#N)=Cc1cc(C)n(-c2ccccc2C(=O)O)c1C. The molecule has 6 nitrogen and oxygen atoms in total. The number of carboxylic acid groups (broad SMARTS) is 1. The second kappa shape index (κ2) is 8.90. The number of nitrogens with zero attached hydrogens (tertiary/aromatic N) is 2. The van der Waals surface area contributed by atoms with Crippen molar-refractivity contribution in [2.45, 2.75) is 20.8 Å². The average molecular weight is 434 g/mol. The maximum atomic E-state index is 12.7. The van der Waals surface area contributed by atoms with Crippen LogP contribution in [0.4, 0.5) is 5.69 Å². The quantitative estimate of drug-likeness (QED) is 0.421. The summed E-state index contributed by atoms with van der Waals surface area (Å²) in [4.78, 5) is 24.3. The number of aromatic carboxylic acids is 1. The molecule has 0 radical (unpaired) electrons. The van der Waals surface area contributed by atoms with Crippen molar-refractivity contribution in [1.82, 2.24) is 4.57 Å². The Kier molecular flexibility index (Phi) is 6.28. The fraction of sp³-hybridized carbons (Fsp3) is 0.125. The Balaban J connectivity index is 2.01. The third kappa shape index (κ3) is 4.52. The zero-order valence-corrected chi connectivity index (χ0v) is 18.0. The molecule has 3 aromatic rings. The Morgan fingerprint density at radius 3 is 2.52 bits per heavy atom. The molecule has 0 aliphatic rings. The van der Waals surface area contributed by atoms with Gasteiger partial charge in [-0.3, -0.25) is 4.79 Å². The number of para-hydroxylation sites is 1. The molecule has 1 aromatic heterocycles. The number of halogens is 1. The van der Waals surface area contributed by atoms with Gasteiger partial charge in [0, 0.05) is 22.1 Å². The van der Waals surface area contributed by atoms with Crippen molar-refractivity contribution in [2.75, 3.05) is 5.32 Å². The first kappa shape index (κ1) is 21.9. The number of hydrogen-bond acceptors (Lipinski definition) is 3. The number of nitriles is 1. The second-order valence-electron chi connectivity index (χ2n) is 7.07. The molecular formula is C24H20ClN3O3. The zero-order chi connectivity index (χ0) is 22.7. The van der Waals surface area contributed by atoms with Crippen LogP contribution in [0.5, 0.6) is 0 Å². The highest BCUT2D eigenvalue weighted by Gasteiger charge is 2.18. The third-order valence-electron chi connectivity index (χ3n) is 4.96. The Morgan fingerprint density at radius 2 is 1.84 bits per heavy atom. The van der Waals surface area contributed by atoms with Crippen LogP contribution in [0.2, 0.25) is 5.02 Å². The number of aromatic nitrogens is 1. The Morgan fingerprint density at radius 1 is 1.13 bits per heavy atom. The van der Waals surface area contributed by atoms with Gasteiger partial charge in [-0.25, -0.2) is 4.79 Å². The van der Waals surface area contributed by atoms with E-state index in [0.29, 0.717) is 27.7 Å². The largest absolute Gasteiger partial charge is 0.478 e. The average Bonchev–Trinajstić information content (AvgIpc) is 3.01. The predicted molar refractivity (Wildman–Crippen MR) is 121 cm³/mol. The number of carbonyl (C=O) groups excluding carboxylic acids is 1. The lowest BCUT2D eigenvalue weighted by atomic mass is 10.1. The van der Waals surface area contributed by atoms with E-state index in [9.17, 15) is 20.0 Å². The van der Waals surface area contributed by atoms with Crippen molar-refractivity contribution in [3.05, 3.63) is 87.2 Å². The standard InChI is InChI=1S/C24H20ClN3O3/c1-14-8-9-19(25)12-21(14)27-23(29)18(13-26)11-17-10-15(2)28(16(17)3)22-7-5-4-6-20(22)24(30)31/h4-12H,1-3H3,(H,27,29)(H,30,31). The minimum absolute atomic E-state index is 0.0776. The van der Waals surface area contributed by atoms with E-state index in [1.165, 1.54) is 12.1 Å². The maximum absolute atomic E-state index is 12.7. The smallest absolute Gasteiger partial charge is 0.337 e. The number of anilines is 1. The number of carboxylic acids is 1. The highest BCUT2D eigenvalue weighted by Crippen LogP contribution is 2.26. The van der Waals surface area contributed by atoms with Crippen LogP contribution in [0.3, 0.4) is 0 Å². The molecule has 31 heavy (non-hydrogen) atoms. The summed E-state index contributed by atoms with van der Waals surface area (Å²) in [5.41, 5.74) is 4.08. The van der Waals surface area contributed by atoms with Gasteiger partial charge in [0.2, 0.25) is 0 Å². The molecule has 0 unspecified atom stereocenters. The molecule has 2 aromatic carbocycles. The first-order valence-electron chi connectivity index (χ1n) is 9.44. The molecule has 0 spiro atoms. The zero-order valence-electron chi connectivity index (χ0n) is 17.2. The van der Waals surface area contributed by atoms with Crippen molar-refractivity contribution in [1.29, 1.82) is 5.26 Å². The van der Waals surface area contributed by atoms with Gasteiger partial charge < -0.3 is 15.0 Å². The summed E-state index contributed by atoms with van der Waals surface area (Å²) < 4.78 is 1.79. The predicted octanol–water partition coefficient (Wildman–Crippen LogP) is 5.30. The summed E-state index contributed by atoms with van der Waals surface area (Å²) in [5.74, 6) is -1.59. The number of benzene rings is 2. The normalized spacial score (nSPS) is 11.1. The molecule has 0 bridgehead atoms. The van der Waals surface area contributed by atoms with Gasteiger partial charge in [0.05, 0.1) is 11.3 Å². The van der Waals surface area contributed by atoms with Crippen molar-refractivity contribution < 1.29 is 14.7 Å². The van der Waals surface area contributed by atoms with Crippen molar-refractivity contribution in [2.24, 2.45) is 0 Å². The van der Waals surface area contributed by atoms with Gasteiger partial charge in [-0.15, -0.1) is 0 Å². The summed E-state index contributed by atoms with van der Waals surface area (Å²) in [7, 11) is 0. The second-order valence-corrected chi connectivity index (χ2v) is 7.50. The highest BCUT2D eigenvalue weighted by molar-refractivity contribution is 6.31. The molecule has 3 rings (SSSR count). The Bertz CT molecular complexity index is 1270. The van der Waals surface area contributed by atoms with Gasteiger partial charge in [-0.1, -0.05) is 29.8 Å². The summed E-state index contributed by atoms with van der Waals surface area (Å²) in [6.45, 7) is 5.48. The molecule has 0 aliphatic heterocycles. The molecule has 0 atom stereocenters. The molecule has 2 N–H and O–H groups in total. The van der Waals surface area contributed by atoms with E-state index in [0.717, 1.165) is 11.3 Å². The Hall–Kier alpha value is -3.82. The molecular weight excluding hydrogens is 414 g/mol. The van der Waals surface area contributed by atoms with E-state index in [1.807, 2.05) is 32.9 Å². The number of carbonyl (C=O) groups is 2. The summed E-state index contributed by atoms with van der Waals surface area (Å²) in [6, 6.07) is 15.6. The fourth-order valence-electron chi connectivity index (χ4n) is 3.38. The molecule has 0 aliphatic carbocycles. The van der Waals surface area contributed by atoms with Gasteiger partial charge in [0.1, 0.15) is 11.6 Å². The number of nitrogens with one attached hydrogen (secondary N) is 1. The van der Waals surface area contributed by atoms with Crippen LogP contribution in [0.1, 0.15) is 32.9 Å². The maximum Gasteiger partial charge on any atom is 0.337 e. The first-order valence-corrected chi connectivity index (χ1v) is 9.81. The number of rotatable bonds is 5.